The normalized spacial score (nSPS) is 12.4. The summed E-state index contributed by atoms with van der Waals surface area (Å²) >= 11 is 0. The van der Waals surface area contributed by atoms with Crippen molar-refractivity contribution in [1.29, 1.82) is 0 Å². The minimum atomic E-state index is -0.779. The molecule has 0 rings (SSSR count). The number of carbonyl (C=O) groups is 3. The van der Waals surface area contributed by atoms with Crippen LogP contribution in [0.2, 0.25) is 0 Å². The lowest BCUT2D eigenvalue weighted by molar-refractivity contribution is -0.167. The average Bonchev–Trinajstić information content (AvgIpc) is 3.29. The van der Waals surface area contributed by atoms with Crippen LogP contribution in [0.1, 0.15) is 284 Å². The summed E-state index contributed by atoms with van der Waals surface area (Å²) in [5.41, 5.74) is 0. The number of rotatable bonds is 50. The number of unbranched alkanes of at least 4 members (excludes halogenated alkanes) is 32. The van der Waals surface area contributed by atoms with Crippen molar-refractivity contribution in [2.45, 2.75) is 290 Å². The SMILES string of the molecule is CCCC/C=C\CCCCCCC(=O)OCC(COC(=O)CCCCCCCCCCCC/C=C\C=C/CCCCC)OC(=O)CCCCCCCCC/C=C\CCCCCCCC. The molecule has 0 aromatic heterocycles. The van der Waals surface area contributed by atoms with E-state index in [2.05, 4.69) is 69.4 Å². The van der Waals surface area contributed by atoms with Gasteiger partial charge < -0.3 is 14.2 Å². The molecule has 0 fully saturated rings. The van der Waals surface area contributed by atoms with Gasteiger partial charge in [-0.25, -0.2) is 0 Å². The first-order chi connectivity index (χ1) is 31.5. The van der Waals surface area contributed by atoms with E-state index in [0.717, 1.165) is 77.0 Å². The molecule has 0 bridgehead atoms. The lowest BCUT2D eigenvalue weighted by Crippen LogP contribution is -2.30. The Kier molecular flexibility index (Phi) is 50.8. The van der Waals surface area contributed by atoms with Gasteiger partial charge in [-0.2, -0.15) is 0 Å². The molecule has 0 amide bonds. The summed E-state index contributed by atoms with van der Waals surface area (Å²) in [7, 11) is 0. The number of hydrogen-bond acceptors (Lipinski definition) is 6. The monoisotopic (exact) mass is 897 g/mol. The van der Waals surface area contributed by atoms with Crippen molar-refractivity contribution >= 4 is 17.9 Å². The van der Waals surface area contributed by atoms with Gasteiger partial charge in [-0.1, -0.05) is 223 Å². The standard InChI is InChI=1S/C58H104O6/c1-4-7-10-13-16-19-22-24-26-28-29-31-32-34-36-39-42-45-48-51-57(60)63-54-55(53-62-56(59)50-47-44-41-38-21-18-15-12-9-6-3)64-58(61)52-49-46-43-40-37-35-33-30-27-25-23-20-17-14-11-8-5-2/h15-16,18-19,22,24-25,27,55H,4-14,17,20-21,23,26,28-54H2,1-3H3/b18-15-,19-16-,24-22-,27-25-. The van der Waals surface area contributed by atoms with Gasteiger partial charge in [0.2, 0.25) is 0 Å². The minimum absolute atomic E-state index is 0.0790. The van der Waals surface area contributed by atoms with Crippen LogP contribution in [0.25, 0.3) is 0 Å². The quantitative estimate of drug-likeness (QED) is 0.0199. The summed E-state index contributed by atoms with van der Waals surface area (Å²) in [6, 6.07) is 0. The second-order valence-electron chi connectivity index (χ2n) is 18.5. The molecule has 0 saturated carbocycles. The topological polar surface area (TPSA) is 78.9 Å². The third-order valence-electron chi connectivity index (χ3n) is 12.1. The van der Waals surface area contributed by atoms with Crippen LogP contribution in [0.5, 0.6) is 0 Å². The van der Waals surface area contributed by atoms with Crippen molar-refractivity contribution in [3.63, 3.8) is 0 Å². The third kappa shape index (κ3) is 50.4. The van der Waals surface area contributed by atoms with Gasteiger partial charge >= 0.3 is 17.9 Å². The Bertz CT molecular complexity index is 1120. The van der Waals surface area contributed by atoms with E-state index in [4.69, 9.17) is 14.2 Å². The van der Waals surface area contributed by atoms with Gasteiger partial charge in [0.15, 0.2) is 6.10 Å². The van der Waals surface area contributed by atoms with Gasteiger partial charge in [0.25, 0.3) is 0 Å². The van der Waals surface area contributed by atoms with Crippen molar-refractivity contribution in [3.8, 4) is 0 Å². The maximum Gasteiger partial charge on any atom is 0.306 e. The van der Waals surface area contributed by atoms with E-state index in [1.54, 1.807) is 0 Å². The van der Waals surface area contributed by atoms with Gasteiger partial charge in [0, 0.05) is 19.3 Å². The summed E-state index contributed by atoms with van der Waals surface area (Å²) in [5, 5.41) is 0. The first kappa shape index (κ1) is 61.4. The van der Waals surface area contributed by atoms with Crippen molar-refractivity contribution in [2.24, 2.45) is 0 Å². The lowest BCUT2D eigenvalue weighted by Gasteiger charge is -2.18. The largest absolute Gasteiger partial charge is 0.462 e. The van der Waals surface area contributed by atoms with Gasteiger partial charge in [0.1, 0.15) is 13.2 Å². The van der Waals surface area contributed by atoms with Crippen LogP contribution >= 0.6 is 0 Å². The molecule has 0 aromatic rings. The Labute approximate surface area is 397 Å². The first-order valence-corrected chi connectivity index (χ1v) is 27.7. The molecule has 0 heterocycles. The zero-order valence-electron chi connectivity index (χ0n) is 42.6. The van der Waals surface area contributed by atoms with E-state index in [0.29, 0.717) is 19.3 Å². The van der Waals surface area contributed by atoms with Gasteiger partial charge in [-0.3, -0.25) is 14.4 Å². The van der Waals surface area contributed by atoms with Gasteiger partial charge in [0.05, 0.1) is 0 Å². The van der Waals surface area contributed by atoms with Crippen LogP contribution in [-0.2, 0) is 28.6 Å². The smallest absolute Gasteiger partial charge is 0.306 e. The van der Waals surface area contributed by atoms with Crippen LogP contribution in [0, 0.1) is 0 Å². The second-order valence-corrected chi connectivity index (χ2v) is 18.5. The molecule has 0 aliphatic carbocycles. The molecule has 0 aromatic carbocycles. The summed E-state index contributed by atoms with van der Waals surface area (Å²) in [5.74, 6) is -0.891. The number of ether oxygens (including phenoxy) is 3. The Morgan fingerprint density at radius 1 is 0.312 bits per heavy atom. The molecule has 1 unspecified atom stereocenters. The molecule has 0 spiro atoms. The van der Waals surface area contributed by atoms with Crippen molar-refractivity contribution in [3.05, 3.63) is 48.6 Å². The highest BCUT2D eigenvalue weighted by atomic mass is 16.6. The van der Waals surface area contributed by atoms with Crippen LogP contribution in [0.3, 0.4) is 0 Å². The van der Waals surface area contributed by atoms with E-state index >= 15 is 0 Å². The number of esters is 3. The fourth-order valence-electron chi connectivity index (χ4n) is 7.82. The summed E-state index contributed by atoms with van der Waals surface area (Å²) in [6.07, 6.45) is 63.8. The van der Waals surface area contributed by atoms with E-state index in [9.17, 15) is 14.4 Å². The van der Waals surface area contributed by atoms with Crippen molar-refractivity contribution in [1.82, 2.24) is 0 Å². The van der Waals surface area contributed by atoms with E-state index in [1.807, 2.05) is 0 Å². The van der Waals surface area contributed by atoms with Crippen LogP contribution in [0.4, 0.5) is 0 Å². The van der Waals surface area contributed by atoms with Crippen LogP contribution in [0.15, 0.2) is 48.6 Å². The lowest BCUT2D eigenvalue weighted by atomic mass is 10.1. The zero-order chi connectivity index (χ0) is 46.5. The Balaban J connectivity index is 4.31. The summed E-state index contributed by atoms with van der Waals surface area (Å²) in [6.45, 7) is 6.57. The predicted molar refractivity (Wildman–Crippen MR) is 275 cm³/mol. The summed E-state index contributed by atoms with van der Waals surface area (Å²) in [4.78, 5) is 38.0. The molecule has 372 valence electrons. The fraction of sp³-hybridized carbons (Fsp3) is 0.810. The highest BCUT2D eigenvalue weighted by molar-refractivity contribution is 5.71. The molecule has 0 aliphatic rings. The zero-order valence-corrected chi connectivity index (χ0v) is 42.6. The number of hydrogen-bond donors (Lipinski definition) is 0. The molecule has 6 nitrogen and oxygen atoms in total. The molecular weight excluding hydrogens is 793 g/mol. The van der Waals surface area contributed by atoms with E-state index in [-0.39, 0.29) is 31.1 Å². The van der Waals surface area contributed by atoms with Crippen LogP contribution in [-0.4, -0.2) is 37.2 Å². The summed E-state index contributed by atoms with van der Waals surface area (Å²) < 4.78 is 16.8. The highest BCUT2D eigenvalue weighted by Crippen LogP contribution is 2.15. The highest BCUT2D eigenvalue weighted by Gasteiger charge is 2.19. The van der Waals surface area contributed by atoms with Crippen molar-refractivity contribution in [2.75, 3.05) is 13.2 Å². The Hall–Kier alpha value is -2.63. The molecular formula is C58H104O6. The molecule has 0 saturated heterocycles. The molecule has 0 N–H and O–H groups in total. The minimum Gasteiger partial charge on any atom is -0.462 e. The first-order valence-electron chi connectivity index (χ1n) is 27.7. The van der Waals surface area contributed by atoms with Gasteiger partial charge in [-0.05, 0) is 89.9 Å². The molecule has 6 heteroatoms. The predicted octanol–water partition coefficient (Wildman–Crippen LogP) is 18.3. The molecule has 64 heavy (non-hydrogen) atoms. The third-order valence-corrected chi connectivity index (χ3v) is 12.1. The van der Waals surface area contributed by atoms with E-state index < -0.39 is 6.10 Å². The number of carbonyl (C=O) groups excluding carboxylic acids is 3. The molecule has 0 radical (unpaired) electrons. The van der Waals surface area contributed by atoms with Crippen molar-refractivity contribution < 1.29 is 28.6 Å². The Morgan fingerprint density at radius 3 is 0.953 bits per heavy atom. The van der Waals surface area contributed by atoms with Crippen LogP contribution < -0.4 is 0 Å². The molecule has 1 atom stereocenters. The second kappa shape index (κ2) is 53.0. The Morgan fingerprint density at radius 2 is 0.578 bits per heavy atom. The maximum absolute atomic E-state index is 12.8. The molecule has 0 aliphatic heterocycles. The van der Waals surface area contributed by atoms with E-state index in [1.165, 1.54) is 167 Å². The van der Waals surface area contributed by atoms with Gasteiger partial charge in [-0.15, -0.1) is 0 Å². The number of allylic oxidation sites excluding steroid dienone is 8. The average molecular weight is 897 g/mol. The maximum atomic E-state index is 12.8. The fourth-order valence-corrected chi connectivity index (χ4v) is 7.82.